The first kappa shape index (κ1) is 13.1. The Morgan fingerprint density at radius 2 is 2.44 bits per heavy atom. The van der Waals surface area contributed by atoms with Gasteiger partial charge in [0.25, 0.3) is 5.91 Å². The van der Waals surface area contributed by atoms with E-state index in [9.17, 15) is 4.79 Å². The molecule has 18 heavy (non-hydrogen) atoms. The van der Waals surface area contributed by atoms with Crippen molar-refractivity contribution in [3.63, 3.8) is 0 Å². The molecule has 6 nitrogen and oxygen atoms in total. The third-order valence-corrected chi connectivity index (χ3v) is 3.13. The number of carbonyl (C=O) groups is 1. The van der Waals surface area contributed by atoms with Gasteiger partial charge in [0.2, 0.25) is 0 Å². The lowest BCUT2D eigenvalue weighted by molar-refractivity contribution is 0.00329. The molecule has 3 N–H and O–H groups in total. The van der Waals surface area contributed by atoms with Gasteiger partial charge in [-0.15, -0.1) is 0 Å². The molecule has 1 saturated heterocycles. The molecule has 1 aromatic heterocycles. The topological polar surface area (TPSA) is 80.5 Å². The van der Waals surface area contributed by atoms with Gasteiger partial charge in [-0.05, 0) is 19.1 Å². The van der Waals surface area contributed by atoms with E-state index in [-0.39, 0.29) is 17.6 Å². The lowest BCUT2D eigenvalue weighted by Crippen LogP contribution is -2.47. The van der Waals surface area contributed by atoms with Crippen LogP contribution >= 0.6 is 11.6 Å². The largest absolute Gasteiger partial charge is 0.377 e. The molecule has 1 aliphatic rings. The Balaban J connectivity index is 2.27. The smallest absolute Gasteiger partial charge is 0.274 e. The molecule has 2 rings (SSSR count). The number of aromatic nitrogens is 1. The van der Waals surface area contributed by atoms with Gasteiger partial charge in [-0.1, -0.05) is 11.6 Å². The summed E-state index contributed by atoms with van der Waals surface area (Å²) in [6.07, 6.45) is 0. The number of nitrogens with zero attached hydrogens (tertiary/aromatic N) is 2. The highest BCUT2D eigenvalue weighted by atomic mass is 35.5. The summed E-state index contributed by atoms with van der Waals surface area (Å²) in [6, 6.07) is 3.22. The summed E-state index contributed by atoms with van der Waals surface area (Å²) in [5.41, 5.74) is 2.61. The summed E-state index contributed by atoms with van der Waals surface area (Å²) in [5, 5.41) is 0.317. The average molecular weight is 271 g/mol. The molecule has 1 amide bonds. The minimum absolute atomic E-state index is 0.0126. The summed E-state index contributed by atoms with van der Waals surface area (Å²) < 4.78 is 5.29. The first-order valence-electron chi connectivity index (χ1n) is 5.65. The van der Waals surface area contributed by atoms with Gasteiger partial charge in [-0.2, -0.15) is 0 Å². The summed E-state index contributed by atoms with van der Waals surface area (Å²) in [6.45, 7) is 3.52. The Morgan fingerprint density at radius 1 is 1.67 bits per heavy atom. The second-order valence-corrected chi connectivity index (χ2v) is 4.50. The molecule has 0 spiro atoms. The van der Waals surface area contributed by atoms with E-state index in [4.69, 9.17) is 22.2 Å². The molecule has 0 saturated carbocycles. The van der Waals surface area contributed by atoms with Crippen LogP contribution in [0, 0.1) is 0 Å². The number of anilines is 1. The molecule has 1 aliphatic heterocycles. The van der Waals surface area contributed by atoms with Gasteiger partial charge in [0.15, 0.2) is 0 Å². The van der Waals surface area contributed by atoms with Crippen molar-refractivity contribution in [2.45, 2.75) is 13.0 Å². The van der Waals surface area contributed by atoms with Gasteiger partial charge >= 0.3 is 0 Å². The van der Waals surface area contributed by atoms with Crippen LogP contribution in [0.3, 0.4) is 0 Å². The zero-order valence-electron chi connectivity index (χ0n) is 10.0. The molecule has 1 unspecified atom stereocenters. The summed E-state index contributed by atoms with van der Waals surface area (Å²) >= 11 is 6.01. The van der Waals surface area contributed by atoms with E-state index < -0.39 is 0 Å². The number of hydrogen-bond donors (Lipinski definition) is 2. The van der Waals surface area contributed by atoms with Crippen molar-refractivity contribution in [3.05, 3.63) is 22.8 Å². The van der Waals surface area contributed by atoms with E-state index in [1.54, 1.807) is 17.0 Å². The van der Waals surface area contributed by atoms with Gasteiger partial charge in [0, 0.05) is 6.54 Å². The molecule has 1 fully saturated rings. The number of nitrogen functional groups attached to an aromatic ring is 1. The van der Waals surface area contributed by atoms with E-state index in [0.29, 0.717) is 30.6 Å². The third kappa shape index (κ3) is 2.55. The van der Waals surface area contributed by atoms with Crippen LogP contribution in [0.15, 0.2) is 12.1 Å². The number of morpholine rings is 1. The zero-order chi connectivity index (χ0) is 13.1. The predicted molar refractivity (Wildman–Crippen MR) is 68.4 cm³/mol. The maximum atomic E-state index is 12.4. The third-order valence-electron chi connectivity index (χ3n) is 2.82. The van der Waals surface area contributed by atoms with Crippen molar-refractivity contribution in [1.82, 2.24) is 9.88 Å². The zero-order valence-corrected chi connectivity index (χ0v) is 10.8. The van der Waals surface area contributed by atoms with Crippen LogP contribution in [0.25, 0.3) is 0 Å². The second kappa shape index (κ2) is 5.51. The molecule has 0 radical (unpaired) electrons. The average Bonchev–Trinajstić information content (AvgIpc) is 2.39. The van der Waals surface area contributed by atoms with Crippen molar-refractivity contribution in [2.75, 3.05) is 25.2 Å². The van der Waals surface area contributed by atoms with Crippen molar-refractivity contribution in [1.29, 1.82) is 0 Å². The Kier molecular flexibility index (Phi) is 4.00. The lowest BCUT2D eigenvalue weighted by Gasteiger charge is -2.33. The Hall–Kier alpha value is -1.37. The molecule has 98 valence electrons. The highest BCUT2D eigenvalue weighted by Crippen LogP contribution is 2.20. The van der Waals surface area contributed by atoms with Crippen LogP contribution in [-0.4, -0.2) is 41.6 Å². The van der Waals surface area contributed by atoms with E-state index in [2.05, 4.69) is 10.4 Å². The predicted octanol–water partition coefficient (Wildman–Crippen LogP) is 0.882. The van der Waals surface area contributed by atoms with Gasteiger partial charge < -0.3 is 15.1 Å². The SMILES string of the molecule is CC1COCCN1C(=O)c1nc(NN)ccc1Cl. The number of halogens is 1. The van der Waals surface area contributed by atoms with Crippen LogP contribution in [0.1, 0.15) is 17.4 Å². The van der Waals surface area contributed by atoms with Crippen LogP contribution in [0.5, 0.6) is 0 Å². The van der Waals surface area contributed by atoms with Crippen molar-refractivity contribution in [3.8, 4) is 0 Å². The number of rotatable bonds is 2. The van der Waals surface area contributed by atoms with Crippen LogP contribution < -0.4 is 11.3 Å². The first-order valence-corrected chi connectivity index (χ1v) is 6.03. The minimum Gasteiger partial charge on any atom is -0.377 e. The second-order valence-electron chi connectivity index (χ2n) is 4.09. The number of amides is 1. The molecule has 1 atom stereocenters. The molecule has 0 bridgehead atoms. The number of hydrogen-bond acceptors (Lipinski definition) is 5. The molecular weight excluding hydrogens is 256 g/mol. The monoisotopic (exact) mass is 270 g/mol. The van der Waals surface area contributed by atoms with Crippen LogP contribution in [0.4, 0.5) is 5.82 Å². The molecule has 7 heteroatoms. The maximum Gasteiger partial charge on any atom is 0.274 e. The van der Waals surface area contributed by atoms with Gasteiger partial charge in [-0.25, -0.2) is 10.8 Å². The fourth-order valence-corrected chi connectivity index (χ4v) is 2.02. The highest BCUT2D eigenvalue weighted by molar-refractivity contribution is 6.33. The van der Waals surface area contributed by atoms with E-state index in [1.807, 2.05) is 6.92 Å². The number of ether oxygens (including phenoxy) is 1. The maximum absolute atomic E-state index is 12.4. The first-order chi connectivity index (χ1) is 8.63. The fraction of sp³-hybridized carbons (Fsp3) is 0.455. The summed E-state index contributed by atoms with van der Waals surface area (Å²) in [7, 11) is 0. The van der Waals surface area contributed by atoms with E-state index in [0.717, 1.165) is 0 Å². The molecule has 2 heterocycles. The Labute approximate surface area is 110 Å². The van der Waals surface area contributed by atoms with Crippen molar-refractivity contribution in [2.24, 2.45) is 5.84 Å². The van der Waals surface area contributed by atoms with Gasteiger partial charge in [0.05, 0.1) is 24.3 Å². The standard InChI is InChI=1S/C11H15ClN4O2/c1-7-6-18-5-4-16(7)11(17)10-8(12)2-3-9(14-10)15-13/h2-3,7H,4-6,13H2,1H3,(H,14,15). The minimum atomic E-state index is -0.201. The number of carbonyl (C=O) groups excluding carboxylic acids is 1. The van der Waals surface area contributed by atoms with Crippen LogP contribution in [-0.2, 0) is 4.74 Å². The fourth-order valence-electron chi connectivity index (χ4n) is 1.84. The molecular formula is C11H15ClN4O2. The summed E-state index contributed by atoms with van der Waals surface area (Å²) in [4.78, 5) is 18.2. The normalized spacial score (nSPS) is 19.7. The summed E-state index contributed by atoms with van der Waals surface area (Å²) in [5.74, 6) is 5.48. The van der Waals surface area contributed by atoms with Gasteiger partial charge in [0.1, 0.15) is 11.5 Å². The molecule has 1 aromatic rings. The Bertz CT molecular complexity index is 455. The molecule has 0 aliphatic carbocycles. The quantitative estimate of drug-likeness (QED) is 0.616. The number of nitrogens with one attached hydrogen (secondary N) is 1. The lowest BCUT2D eigenvalue weighted by atomic mass is 10.2. The van der Waals surface area contributed by atoms with Crippen LogP contribution in [0.2, 0.25) is 5.02 Å². The van der Waals surface area contributed by atoms with E-state index in [1.165, 1.54) is 0 Å². The Morgan fingerprint density at radius 3 is 3.11 bits per heavy atom. The number of nitrogens with two attached hydrogens (primary N) is 1. The van der Waals surface area contributed by atoms with Crippen molar-refractivity contribution >= 4 is 23.3 Å². The van der Waals surface area contributed by atoms with Crippen molar-refractivity contribution < 1.29 is 9.53 Å². The number of pyridine rings is 1. The van der Waals surface area contributed by atoms with E-state index >= 15 is 0 Å². The number of hydrazine groups is 1. The molecule has 0 aromatic carbocycles. The highest BCUT2D eigenvalue weighted by Gasteiger charge is 2.27. The van der Waals surface area contributed by atoms with Gasteiger partial charge in [-0.3, -0.25) is 4.79 Å².